The molecule has 1 saturated carbocycles. The van der Waals surface area contributed by atoms with Crippen LogP contribution in [0, 0.1) is 18.8 Å². The summed E-state index contributed by atoms with van der Waals surface area (Å²) in [6.45, 7) is 5.52. The molecule has 0 bridgehead atoms. The summed E-state index contributed by atoms with van der Waals surface area (Å²) in [7, 11) is 0. The minimum absolute atomic E-state index is 0.0769. The van der Waals surface area contributed by atoms with E-state index in [0.29, 0.717) is 12.5 Å². The van der Waals surface area contributed by atoms with E-state index in [1.165, 1.54) is 16.9 Å². The van der Waals surface area contributed by atoms with Gasteiger partial charge in [0, 0.05) is 24.6 Å². The van der Waals surface area contributed by atoms with Gasteiger partial charge >= 0.3 is 0 Å². The number of likely N-dealkylation sites (tertiary alicyclic amines) is 1. The largest absolute Gasteiger partial charge is 0.393 e. The number of hydrogen-bond acceptors (Lipinski definition) is 4. The van der Waals surface area contributed by atoms with E-state index in [0.717, 1.165) is 46.9 Å². The third-order valence-corrected chi connectivity index (χ3v) is 6.90. The zero-order valence-electron chi connectivity index (χ0n) is 14.7. The Morgan fingerprint density at radius 2 is 2.04 bits per heavy atom. The summed E-state index contributed by atoms with van der Waals surface area (Å²) in [6, 6.07) is 8.41. The van der Waals surface area contributed by atoms with E-state index in [9.17, 15) is 9.90 Å². The zero-order chi connectivity index (χ0) is 17.6. The van der Waals surface area contributed by atoms with Crippen molar-refractivity contribution in [3.8, 4) is 10.6 Å². The van der Waals surface area contributed by atoms with Gasteiger partial charge in [-0.05, 0) is 37.7 Å². The molecule has 4 rings (SSSR count). The number of carbonyl (C=O) groups is 1. The van der Waals surface area contributed by atoms with Crippen LogP contribution in [-0.4, -0.2) is 40.1 Å². The normalized spacial score (nSPS) is 25.4. The molecule has 132 valence electrons. The molecule has 2 aromatic rings. The van der Waals surface area contributed by atoms with E-state index in [-0.39, 0.29) is 17.9 Å². The fourth-order valence-electron chi connectivity index (χ4n) is 4.15. The summed E-state index contributed by atoms with van der Waals surface area (Å²) in [6.07, 6.45) is 2.70. The third-order valence-electron chi connectivity index (χ3n) is 5.71. The standard InChI is InChI=1S/C20H24N2O2S/c1-3-13-4-6-14(7-5-13)19-21-12(2)18(25-19)20(24)22-10-15-8-9-17(23)16(15)11-22/h4-7,15-17,23H,3,8-11H2,1-2H3/t15-,16-,17+/m0/s1. The van der Waals surface area contributed by atoms with Crippen molar-refractivity contribution in [2.24, 2.45) is 11.8 Å². The van der Waals surface area contributed by atoms with Crippen LogP contribution in [0.25, 0.3) is 10.6 Å². The van der Waals surface area contributed by atoms with Crippen LogP contribution >= 0.6 is 11.3 Å². The van der Waals surface area contributed by atoms with Crippen molar-refractivity contribution in [3.63, 3.8) is 0 Å². The number of thiazole rings is 1. The van der Waals surface area contributed by atoms with Crippen LogP contribution in [0.2, 0.25) is 0 Å². The quantitative estimate of drug-likeness (QED) is 0.915. The third kappa shape index (κ3) is 3.00. The molecule has 25 heavy (non-hydrogen) atoms. The average molecular weight is 356 g/mol. The van der Waals surface area contributed by atoms with Crippen LogP contribution in [0.1, 0.15) is 40.7 Å². The van der Waals surface area contributed by atoms with E-state index in [1.807, 2.05) is 11.8 Å². The summed E-state index contributed by atoms with van der Waals surface area (Å²) in [5, 5.41) is 11.0. The monoisotopic (exact) mass is 356 g/mol. The Morgan fingerprint density at radius 1 is 1.28 bits per heavy atom. The van der Waals surface area contributed by atoms with Gasteiger partial charge in [-0.1, -0.05) is 31.2 Å². The Balaban J connectivity index is 1.55. The first-order chi connectivity index (χ1) is 12.1. The average Bonchev–Trinajstić information content (AvgIpc) is 3.31. The van der Waals surface area contributed by atoms with Crippen LogP contribution in [-0.2, 0) is 6.42 Å². The number of rotatable bonds is 3. The Bertz CT molecular complexity index is 783. The van der Waals surface area contributed by atoms with Crippen LogP contribution < -0.4 is 0 Å². The van der Waals surface area contributed by atoms with Crippen molar-refractivity contribution in [2.45, 2.75) is 39.2 Å². The van der Waals surface area contributed by atoms with E-state index in [1.54, 1.807) is 0 Å². The van der Waals surface area contributed by atoms with E-state index in [4.69, 9.17) is 0 Å². The van der Waals surface area contributed by atoms with Gasteiger partial charge in [0.15, 0.2) is 0 Å². The van der Waals surface area contributed by atoms with Crippen molar-refractivity contribution in [1.29, 1.82) is 0 Å². The number of aliphatic hydroxyl groups is 1. The number of aromatic nitrogens is 1. The minimum atomic E-state index is -0.238. The van der Waals surface area contributed by atoms with Gasteiger partial charge in [-0.15, -0.1) is 11.3 Å². The summed E-state index contributed by atoms with van der Waals surface area (Å²) < 4.78 is 0. The Hall–Kier alpha value is -1.72. The molecule has 0 unspecified atom stereocenters. The Morgan fingerprint density at radius 3 is 2.72 bits per heavy atom. The predicted octanol–water partition coefficient (Wildman–Crippen LogP) is 3.52. The number of amides is 1. The lowest BCUT2D eigenvalue weighted by Crippen LogP contribution is -2.30. The molecule has 1 aliphatic heterocycles. The number of aliphatic hydroxyl groups excluding tert-OH is 1. The molecular weight excluding hydrogens is 332 g/mol. The maximum atomic E-state index is 13.0. The molecule has 1 aromatic carbocycles. The molecule has 0 spiro atoms. The molecule has 4 nitrogen and oxygen atoms in total. The van der Waals surface area contributed by atoms with Crippen LogP contribution in [0.4, 0.5) is 0 Å². The number of aryl methyl sites for hydroxylation is 2. The summed E-state index contributed by atoms with van der Waals surface area (Å²) in [5.74, 6) is 0.805. The highest BCUT2D eigenvalue weighted by Crippen LogP contribution is 2.39. The maximum absolute atomic E-state index is 13.0. The second-order valence-corrected chi connectivity index (χ2v) is 8.26. The van der Waals surface area contributed by atoms with Gasteiger partial charge in [0.1, 0.15) is 9.88 Å². The predicted molar refractivity (Wildman–Crippen MR) is 99.8 cm³/mol. The molecule has 2 fully saturated rings. The first-order valence-corrected chi connectivity index (χ1v) is 9.92. The topological polar surface area (TPSA) is 53.4 Å². The molecule has 1 aliphatic carbocycles. The number of hydrogen-bond donors (Lipinski definition) is 1. The first-order valence-electron chi connectivity index (χ1n) is 9.11. The first kappa shape index (κ1) is 16.7. The number of fused-ring (bicyclic) bond motifs is 1. The van der Waals surface area contributed by atoms with Gasteiger partial charge in [-0.3, -0.25) is 4.79 Å². The highest BCUT2D eigenvalue weighted by Gasteiger charge is 2.43. The second kappa shape index (κ2) is 6.54. The van der Waals surface area contributed by atoms with Crippen LogP contribution in [0.3, 0.4) is 0 Å². The molecule has 1 amide bonds. The Labute approximate surface area is 152 Å². The Kier molecular flexibility index (Phi) is 4.38. The van der Waals surface area contributed by atoms with Crippen molar-refractivity contribution in [3.05, 3.63) is 40.4 Å². The molecule has 5 heteroatoms. The van der Waals surface area contributed by atoms with Gasteiger partial charge in [0.05, 0.1) is 11.8 Å². The minimum Gasteiger partial charge on any atom is -0.393 e. The van der Waals surface area contributed by atoms with Gasteiger partial charge in [-0.2, -0.15) is 0 Å². The fraction of sp³-hybridized carbons (Fsp3) is 0.500. The highest BCUT2D eigenvalue weighted by molar-refractivity contribution is 7.17. The van der Waals surface area contributed by atoms with Crippen molar-refractivity contribution >= 4 is 17.2 Å². The van der Waals surface area contributed by atoms with Gasteiger partial charge in [0.2, 0.25) is 0 Å². The smallest absolute Gasteiger partial charge is 0.265 e. The van der Waals surface area contributed by atoms with Gasteiger partial charge in [0.25, 0.3) is 5.91 Å². The molecule has 0 radical (unpaired) electrons. The summed E-state index contributed by atoms with van der Waals surface area (Å²) in [4.78, 5) is 20.3. The lowest BCUT2D eigenvalue weighted by Gasteiger charge is -2.17. The number of benzene rings is 1. The van der Waals surface area contributed by atoms with Crippen molar-refractivity contribution in [2.75, 3.05) is 13.1 Å². The second-order valence-electron chi connectivity index (χ2n) is 7.26. The lowest BCUT2D eigenvalue weighted by molar-refractivity contribution is 0.0756. The summed E-state index contributed by atoms with van der Waals surface area (Å²) >= 11 is 1.49. The van der Waals surface area contributed by atoms with E-state index < -0.39 is 0 Å². The van der Waals surface area contributed by atoms with Crippen molar-refractivity contribution in [1.82, 2.24) is 9.88 Å². The molecule has 1 saturated heterocycles. The molecule has 2 aliphatic rings. The van der Waals surface area contributed by atoms with Gasteiger partial charge in [-0.25, -0.2) is 4.98 Å². The maximum Gasteiger partial charge on any atom is 0.265 e. The SMILES string of the molecule is CCc1ccc(-c2nc(C)c(C(=O)N3C[C@@H]4CC[C@@H](O)[C@H]4C3)s2)cc1. The van der Waals surface area contributed by atoms with Gasteiger partial charge < -0.3 is 10.0 Å². The lowest BCUT2D eigenvalue weighted by atomic mass is 10.00. The molecular formula is C20H24N2O2S. The molecule has 3 atom stereocenters. The molecule has 1 N–H and O–H groups in total. The molecule has 1 aromatic heterocycles. The zero-order valence-corrected chi connectivity index (χ0v) is 15.6. The number of nitrogens with zero attached hydrogens (tertiary/aromatic N) is 2. The fourth-order valence-corrected chi connectivity index (χ4v) is 5.19. The van der Waals surface area contributed by atoms with Crippen LogP contribution in [0.5, 0.6) is 0 Å². The number of carbonyl (C=O) groups excluding carboxylic acids is 1. The van der Waals surface area contributed by atoms with E-state index in [2.05, 4.69) is 36.2 Å². The molecule has 2 heterocycles. The van der Waals surface area contributed by atoms with Crippen LogP contribution in [0.15, 0.2) is 24.3 Å². The summed E-state index contributed by atoms with van der Waals surface area (Å²) in [5.41, 5.74) is 3.18. The van der Waals surface area contributed by atoms with Crippen molar-refractivity contribution < 1.29 is 9.90 Å². The highest BCUT2D eigenvalue weighted by atomic mass is 32.1. The van der Waals surface area contributed by atoms with E-state index >= 15 is 0 Å².